The number of rotatable bonds is 6. The maximum atomic E-state index is 10.7. The number of carboxylic acid groups (broad SMARTS) is 1. The highest BCUT2D eigenvalue weighted by atomic mass is 16.4. The first-order valence-corrected chi connectivity index (χ1v) is 8.80. The van der Waals surface area contributed by atoms with Gasteiger partial charge in [-0.3, -0.25) is 4.90 Å². The van der Waals surface area contributed by atoms with Crippen LogP contribution in [0.15, 0.2) is 24.3 Å². The molecule has 1 heterocycles. The van der Waals surface area contributed by atoms with Gasteiger partial charge in [-0.1, -0.05) is 51.7 Å². The van der Waals surface area contributed by atoms with E-state index in [9.17, 15) is 4.79 Å². The molecule has 0 atom stereocenters. The number of hydrogen-bond acceptors (Lipinski definition) is 3. The lowest BCUT2D eigenvalue weighted by Gasteiger charge is -2.32. The van der Waals surface area contributed by atoms with Gasteiger partial charge in [0.15, 0.2) is 0 Å². The Morgan fingerprint density at radius 2 is 1.52 bits per heavy atom. The molecule has 0 aromatic heterocycles. The normalized spacial score (nSPS) is 15.8. The van der Waals surface area contributed by atoms with E-state index >= 15 is 0 Å². The molecular weight excluding hydrogens is 288 g/mol. The zero-order valence-electron chi connectivity index (χ0n) is 14.9. The molecule has 1 aliphatic rings. The van der Waals surface area contributed by atoms with Crippen molar-refractivity contribution in [2.24, 2.45) is 0 Å². The first-order valence-electron chi connectivity index (χ1n) is 8.80. The summed E-state index contributed by atoms with van der Waals surface area (Å²) in [6, 6.07) is 7.16. The second kappa shape index (κ2) is 11.2. The Labute approximate surface area is 141 Å². The minimum absolute atomic E-state index is 0.354. The SMILES string of the molecule is CCCCCC.CN1CCN(Cc2ccc(C(=O)O)cc2)CC1. The molecule has 0 spiro atoms. The van der Waals surface area contributed by atoms with Gasteiger partial charge in [0.25, 0.3) is 0 Å². The van der Waals surface area contributed by atoms with E-state index in [4.69, 9.17) is 5.11 Å². The van der Waals surface area contributed by atoms with Crippen LogP contribution in [0.1, 0.15) is 55.5 Å². The van der Waals surface area contributed by atoms with Crippen molar-refractivity contribution >= 4 is 5.97 Å². The van der Waals surface area contributed by atoms with Gasteiger partial charge in [0.05, 0.1) is 5.56 Å². The van der Waals surface area contributed by atoms with Crippen molar-refractivity contribution in [2.45, 2.75) is 46.1 Å². The van der Waals surface area contributed by atoms with Gasteiger partial charge in [-0.15, -0.1) is 0 Å². The lowest BCUT2D eigenvalue weighted by atomic mass is 10.1. The molecule has 2 rings (SSSR count). The number of aromatic carboxylic acids is 1. The zero-order valence-corrected chi connectivity index (χ0v) is 14.9. The van der Waals surface area contributed by atoms with Crippen LogP contribution < -0.4 is 0 Å². The third kappa shape index (κ3) is 8.14. The van der Waals surface area contributed by atoms with Crippen LogP contribution in [-0.2, 0) is 6.54 Å². The Balaban J connectivity index is 0.000000379. The van der Waals surface area contributed by atoms with Gasteiger partial charge < -0.3 is 10.0 Å². The van der Waals surface area contributed by atoms with Crippen molar-refractivity contribution in [2.75, 3.05) is 33.2 Å². The fraction of sp³-hybridized carbons (Fsp3) is 0.632. The van der Waals surface area contributed by atoms with Crippen LogP contribution in [0.4, 0.5) is 0 Å². The number of nitrogens with zero attached hydrogens (tertiary/aromatic N) is 2. The number of hydrogen-bond donors (Lipinski definition) is 1. The van der Waals surface area contributed by atoms with E-state index in [0.717, 1.165) is 32.7 Å². The van der Waals surface area contributed by atoms with Gasteiger partial charge in [0.2, 0.25) is 0 Å². The van der Waals surface area contributed by atoms with Crippen LogP contribution in [0.3, 0.4) is 0 Å². The summed E-state index contributed by atoms with van der Waals surface area (Å²) < 4.78 is 0. The monoisotopic (exact) mass is 320 g/mol. The fourth-order valence-electron chi connectivity index (χ4n) is 2.52. The molecule has 0 amide bonds. The van der Waals surface area contributed by atoms with Crippen molar-refractivity contribution in [3.8, 4) is 0 Å². The number of carboxylic acids is 1. The molecule has 0 aliphatic carbocycles. The maximum absolute atomic E-state index is 10.7. The van der Waals surface area contributed by atoms with Gasteiger partial charge in [-0.05, 0) is 24.7 Å². The summed E-state index contributed by atoms with van der Waals surface area (Å²) in [6.45, 7) is 9.74. The van der Waals surface area contributed by atoms with Crippen LogP contribution in [0.25, 0.3) is 0 Å². The average molecular weight is 320 g/mol. The van der Waals surface area contributed by atoms with Crippen LogP contribution in [0, 0.1) is 0 Å². The molecule has 0 unspecified atom stereocenters. The van der Waals surface area contributed by atoms with E-state index in [2.05, 4.69) is 30.7 Å². The van der Waals surface area contributed by atoms with E-state index in [-0.39, 0.29) is 0 Å². The van der Waals surface area contributed by atoms with Crippen LogP contribution in [-0.4, -0.2) is 54.1 Å². The smallest absolute Gasteiger partial charge is 0.335 e. The molecule has 0 bridgehead atoms. The molecule has 23 heavy (non-hydrogen) atoms. The van der Waals surface area contributed by atoms with Gasteiger partial charge >= 0.3 is 5.97 Å². The highest BCUT2D eigenvalue weighted by molar-refractivity contribution is 5.87. The minimum Gasteiger partial charge on any atom is -0.478 e. The van der Waals surface area contributed by atoms with Crippen LogP contribution in [0.5, 0.6) is 0 Å². The summed E-state index contributed by atoms with van der Waals surface area (Å²) in [6.07, 6.45) is 5.54. The number of likely N-dealkylation sites (N-methyl/N-ethyl adjacent to an activating group) is 1. The zero-order chi connectivity index (χ0) is 17.1. The first-order chi connectivity index (χ1) is 11.1. The van der Waals surface area contributed by atoms with Gasteiger partial charge in [-0.25, -0.2) is 4.79 Å². The van der Waals surface area contributed by atoms with Gasteiger partial charge in [0.1, 0.15) is 0 Å². The van der Waals surface area contributed by atoms with Crippen LogP contribution >= 0.6 is 0 Å². The summed E-state index contributed by atoms with van der Waals surface area (Å²) in [5, 5.41) is 8.81. The second-order valence-electron chi connectivity index (χ2n) is 6.29. The molecular formula is C19H32N2O2. The Hall–Kier alpha value is -1.39. The molecule has 1 aromatic rings. The minimum atomic E-state index is -0.865. The van der Waals surface area contributed by atoms with Crippen molar-refractivity contribution in [3.63, 3.8) is 0 Å². The van der Waals surface area contributed by atoms with E-state index in [1.807, 2.05) is 12.1 Å². The maximum Gasteiger partial charge on any atom is 0.335 e. The topological polar surface area (TPSA) is 43.8 Å². The van der Waals surface area contributed by atoms with E-state index in [1.165, 1.54) is 31.2 Å². The third-order valence-corrected chi connectivity index (χ3v) is 4.16. The molecule has 0 saturated carbocycles. The lowest BCUT2D eigenvalue weighted by molar-refractivity contribution is 0.0697. The third-order valence-electron chi connectivity index (χ3n) is 4.16. The molecule has 130 valence electrons. The van der Waals surface area contributed by atoms with Crippen molar-refractivity contribution < 1.29 is 9.90 Å². The summed E-state index contributed by atoms with van der Waals surface area (Å²) in [7, 11) is 2.14. The predicted molar refractivity (Wildman–Crippen MR) is 96.0 cm³/mol. The fourth-order valence-corrected chi connectivity index (χ4v) is 2.52. The van der Waals surface area contributed by atoms with Crippen molar-refractivity contribution in [1.29, 1.82) is 0 Å². The Kier molecular flexibility index (Phi) is 9.57. The summed E-state index contributed by atoms with van der Waals surface area (Å²) >= 11 is 0. The number of unbranched alkanes of at least 4 members (excludes halogenated alkanes) is 3. The Morgan fingerprint density at radius 3 is 1.96 bits per heavy atom. The summed E-state index contributed by atoms with van der Waals surface area (Å²) in [5.41, 5.74) is 1.53. The van der Waals surface area contributed by atoms with Crippen LogP contribution in [0.2, 0.25) is 0 Å². The average Bonchev–Trinajstić information content (AvgIpc) is 2.56. The molecule has 1 aliphatic heterocycles. The van der Waals surface area contributed by atoms with Gasteiger partial charge in [0, 0.05) is 32.7 Å². The Morgan fingerprint density at radius 1 is 1.00 bits per heavy atom. The molecule has 4 heteroatoms. The molecule has 1 N–H and O–H groups in total. The summed E-state index contributed by atoms with van der Waals surface area (Å²) in [5.74, 6) is -0.865. The molecule has 1 saturated heterocycles. The van der Waals surface area contributed by atoms with Crippen molar-refractivity contribution in [3.05, 3.63) is 35.4 Å². The summed E-state index contributed by atoms with van der Waals surface area (Å²) in [4.78, 5) is 15.4. The quantitative estimate of drug-likeness (QED) is 0.811. The lowest BCUT2D eigenvalue weighted by Crippen LogP contribution is -2.43. The highest BCUT2D eigenvalue weighted by Crippen LogP contribution is 2.09. The predicted octanol–water partition coefficient (Wildman–Crippen LogP) is 3.72. The molecule has 1 fully saturated rings. The number of carbonyl (C=O) groups is 1. The standard InChI is InChI=1S/C13H18N2O2.C6H14/c1-14-6-8-15(9-7-14)10-11-2-4-12(5-3-11)13(16)17;1-3-5-6-4-2/h2-5H,6-10H2,1H3,(H,16,17);3-6H2,1-2H3. The number of benzene rings is 1. The van der Waals surface area contributed by atoms with E-state index < -0.39 is 5.97 Å². The molecule has 0 radical (unpaired) electrons. The van der Waals surface area contributed by atoms with E-state index in [1.54, 1.807) is 12.1 Å². The van der Waals surface area contributed by atoms with E-state index in [0.29, 0.717) is 5.56 Å². The first kappa shape index (κ1) is 19.7. The van der Waals surface area contributed by atoms with Crippen molar-refractivity contribution in [1.82, 2.24) is 9.80 Å². The highest BCUT2D eigenvalue weighted by Gasteiger charge is 2.13. The van der Waals surface area contributed by atoms with Gasteiger partial charge in [-0.2, -0.15) is 0 Å². The molecule has 4 nitrogen and oxygen atoms in total. The second-order valence-corrected chi connectivity index (χ2v) is 6.29. The number of piperazine rings is 1. The molecule has 1 aromatic carbocycles. The largest absolute Gasteiger partial charge is 0.478 e. The Bertz CT molecular complexity index is 433.